The molecule has 0 radical (unpaired) electrons. The molecule has 1 aliphatic rings. The fourth-order valence-corrected chi connectivity index (χ4v) is 3.76. The number of likely N-dealkylation sites (N-methyl/N-ethyl adjacent to an activating group) is 1. The standard InChI is InChI=1S/C21H37N3O4/c1-13(2)18(12-15(5)21(27)28)23(7)20(26)16(6)22-19(25)17-10-8-9-11-24(17)14(3)4/h12-14,16-18H,8-11H2,1-7H3,(H,22,25)(H,27,28)/b15-12+/t16-,17?,18-/m1/s1. The van der Waals surface area contributed by atoms with E-state index in [1.165, 1.54) is 11.8 Å². The van der Waals surface area contributed by atoms with Gasteiger partial charge in [0.25, 0.3) is 0 Å². The highest BCUT2D eigenvalue weighted by atomic mass is 16.4. The lowest BCUT2D eigenvalue weighted by Gasteiger charge is -2.38. The molecule has 1 rings (SSSR count). The van der Waals surface area contributed by atoms with Crippen molar-refractivity contribution in [3.8, 4) is 0 Å². The van der Waals surface area contributed by atoms with Crippen molar-refractivity contribution in [3.63, 3.8) is 0 Å². The van der Waals surface area contributed by atoms with Crippen LogP contribution in [-0.2, 0) is 14.4 Å². The molecule has 0 saturated carbocycles. The van der Waals surface area contributed by atoms with E-state index in [0.29, 0.717) is 0 Å². The van der Waals surface area contributed by atoms with Crippen molar-refractivity contribution in [1.29, 1.82) is 0 Å². The molecular weight excluding hydrogens is 358 g/mol. The summed E-state index contributed by atoms with van der Waals surface area (Å²) >= 11 is 0. The molecule has 2 amide bonds. The molecule has 0 aromatic rings. The van der Waals surface area contributed by atoms with Gasteiger partial charge in [-0.25, -0.2) is 4.79 Å². The number of aliphatic carboxylic acids is 1. The monoisotopic (exact) mass is 395 g/mol. The average Bonchev–Trinajstić information content (AvgIpc) is 2.63. The number of carboxylic acid groups (broad SMARTS) is 1. The maximum Gasteiger partial charge on any atom is 0.331 e. The third-order valence-corrected chi connectivity index (χ3v) is 5.48. The highest BCUT2D eigenvalue weighted by Crippen LogP contribution is 2.20. The van der Waals surface area contributed by atoms with Crippen LogP contribution in [0.5, 0.6) is 0 Å². The van der Waals surface area contributed by atoms with Crippen molar-refractivity contribution in [2.24, 2.45) is 5.92 Å². The molecule has 0 aromatic carbocycles. The van der Waals surface area contributed by atoms with Crippen molar-refractivity contribution in [3.05, 3.63) is 11.6 Å². The summed E-state index contributed by atoms with van der Waals surface area (Å²) in [7, 11) is 1.66. The predicted octanol–water partition coefficient (Wildman–Crippen LogP) is 2.27. The Morgan fingerprint density at radius 3 is 2.25 bits per heavy atom. The summed E-state index contributed by atoms with van der Waals surface area (Å²) in [5.41, 5.74) is 0.199. The molecule has 28 heavy (non-hydrogen) atoms. The Morgan fingerprint density at radius 1 is 1.14 bits per heavy atom. The van der Waals surface area contributed by atoms with Crippen molar-refractivity contribution < 1.29 is 19.5 Å². The molecule has 1 fully saturated rings. The van der Waals surface area contributed by atoms with Gasteiger partial charge in [0.15, 0.2) is 0 Å². The largest absolute Gasteiger partial charge is 0.478 e. The fourth-order valence-electron chi connectivity index (χ4n) is 3.76. The van der Waals surface area contributed by atoms with Crippen molar-refractivity contribution in [2.45, 2.75) is 85.0 Å². The van der Waals surface area contributed by atoms with Gasteiger partial charge in [-0.15, -0.1) is 0 Å². The highest BCUT2D eigenvalue weighted by molar-refractivity contribution is 5.90. The summed E-state index contributed by atoms with van der Waals surface area (Å²) in [6, 6.07) is -0.957. The van der Waals surface area contributed by atoms with Crippen LogP contribution in [0, 0.1) is 5.92 Å². The summed E-state index contributed by atoms with van der Waals surface area (Å²) in [6.45, 7) is 12.1. The molecule has 0 bridgehead atoms. The van der Waals surface area contributed by atoms with Crippen LogP contribution < -0.4 is 5.32 Å². The Bertz CT molecular complexity index is 600. The zero-order valence-electron chi connectivity index (χ0n) is 18.4. The highest BCUT2D eigenvalue weighted by Gasteiger charge is 2.33. The Labute approximate surface area is 169 Å². The number of nitrogens with zero attached hydrogens (tertiary/aromatic N) is 2. The number of carbonyl (C=O) groups is 3. The van der Waals surface area contributed by atoms with Crippen LogP contribution in [0.1, 0.15) is 60.8 Å². The number of carbonyl (C=O) groups excluding carboxylic acids is 2. The second-order valence-corrected chi connectivity index (χ2v) is 8.41. The van der Waals surface area contributed by atoms with Gasteiger partial charge in [0, 0.05) is 18.7 Å². The molecule has 0 aromatic heterocycles. The zero-order valence-corrected chi connectivity index (χ0v) is 18.4. The molecule has 0 aliphatic carbocycles. The van der Waals surface area contributed by atoms with Crippen LogP contribution in [0.2, 0.25) is 0 Å². The van der Waals surface area contributed by atoms with Crippen LogP contribution >= 0.6 is 0 Å². The SMILES string of the molecule is C/C(=C\[C@H](C(C)C)N(C)C(=O)[C@@H](C)NC(=O)C1CCCCN1C(C)C)C(=O)O. The molecular formula is C21H37N3O4. The maximum absolute atomic E-state index is 12.9. The summed E-state index contributed by atoms with van der Waals surface area (Å²) in [6.07, 6.45) is 4.50. The third kappa shape index (κ3) is 6.33. The van der Waals surface area contributed by atoms with E-state index in [9.17, 15) is 14.4 Å². The van der Waals surface area contributed by atoms with E-state index < -0.39 is 12.0 Å². The number of piperidine rings is 1. The lowest BCUT2D eigenvalue weighted by molar-refractivity contribution is -0.138. The van der Waals surface area contributed by atoms with Crippen LogP contribution in [0.15, 0.2) is 11.6 Å². The van der Waals surface area contributed by atoms with E-state index in [2.05, 4.69) is 24.1 Å². The molecule has 1 heterocycles. The van der Waals surface area contributed by atoms with E-state index in [4.69, 9.17) is 5.11 Å². The normalized spacial score (nSPS) is 20.8. The summed E-state index contributed by atoms with van der Waals surface area (Å²) in [5.74, 6) is -1.30. The molecule has 1 aliphatic heterocycles. The van der Waals surface area contributed by atoms with E-state index in [0.717, 1.165) is 25.8 Å². The van der Waals surface area contributed by atoms with E-state index in [1.54, 1.807) is 20.0 Å². The first-order valence-corrected chi connectivity index (χ1v) is 10.2. The van der Waals surface area contributed by atoms with E-state index in [1.807, 2.05) is 13.8 Å². The Balaban J connectivity index is 2.85. The van der Waals surface area contributed by atoms with Crippen molar-refractivity contribution in [1.82, 2.24) is 15.1 Å². The molecule has 160 valence electrons. The zero-order chi connectivity index (χ0) is 21.6. The molecule has 1 saturated heterocycles. The van der Waals surface area contributed by atoms with Gasteiger partial charge in [0.2, 0.25) is 11.8 Å². The predicted molar refractivity (Wildman–Crippen MR) is 110 cm³/mol. The van der Waals surface area contributed by atoms with Crippen LogP contribution in [0.25, 0.3) is 0 Å². The number of rotatable bonds is 8. The minimum atomic E-state index is -1.00. The minimum Gasteiger partial charge on any atom is -0.478 e. The smallest absolute Gasteiger partial charge is 0.331 e. The lowest BCUT2D eigenvalue weighted by atomic mass is 9.98. The maximum atomic E-state index is 12.9. The van der Waals surface area contributed by atoms with Crippen LogP contribution in [0.4, 0.5) is 0 Å². The second-order valence-electron chi connectivity index (χ2n) is 8.41. The van der Waals surface area contributed by atoms with Gasteiger partial charge in [-0.2, -0.15) is 0 Å². The Kier molecular flexibility index (Phi) is 9.14. The number of carboxylic acids is 1. The quantitative estimate of drug-likeness (QED) is 0.616. The van der Waals surface area contributed by atoms with Gasteiger partial charge in [0.05, 0.1) is 12.1 Å². The number of hydrogen-bond acceptors (Lipinski definition) is 4. The van der Waals surface area contributed by atoms with Gasteiger partial charge in [-0.3, -0.25) is 14.5 Å². The number of amides is 2. The second kappa shape index (κ2) is 10.6. The van der Waals surface area contributed by atoms with Gasteiger partial charge >= 0.3 is 5.97 Å². The first-order valence-electron chi connectivity index (χ1n) is 10.2. The Hall–Kier alpha value is -1.89. The first kappa shape index (κ1) is 24.1. The minimum absolute atomic E-state index is 0.0425. The van der Waals surface area contributed by atoms with Crippen LogP contribution in [-0.4, -0.2) is 70.4 Å². The summed E-state index contributed by atoms with van der Waals surface area (Å²) in [5, 5.41) is 12.0. The summed E-state index contributed by atoms with van der Waals surface area (Å²) in [4.78, 5) is 40.6. The number of likely N-dealkylation sites (tertiary alicyclic amines) is 1. The summed E-state index contributed by atoms with van der Waals surface area (Å²) < 4.78 is 0. The first-order chi connectivity index (χ1) is 13.0. The molecule has 7 heteroatoms. The van der Waals surface area contributed by atoms with Gasteiger partial charge in [-0.05, 0) is 53.0 Å². The van der Waals surface area contributed by atoms with Crippen molar-refractivity contribution >= 4 is 17.8 Å². The molecule has 0 spiro atoms. The fraction of sp³-hybridized carbons (Fsp3) is 0.762. The molecule has 1 unspecified atom stereocenters. The van der Waals surface area contributed by atoms with Gasteiger partial charge < -0.3 is 15.3 Å². The number of nitrogens with one attached hydrogen (secondary N) is 1. The van der Waals surface area contributed by atoms with Crippen molar-refractivity contribution in [2.75, 3.05) is 13.6 Å². The average molecular weight is 396 g/mol. The van der Waals surface area contributed by atoms with Gasteiger partial charge in [-0.1, -0.05) is 26.3 Å². The molecule has 7 nitrogen and oxygen atoms in total. The van der Waals surface area contributed by atoms with E-state index >= 15 is 0 Å². The molecule has 2 N–H and O–H groups in total. The number of hydrogen-bond donors (Lipinski definition) is 2. The third-order valence-electron chi connectivity index (χ3n) is 5.48. The van der Waals surface area contributed by atoms with Gasteiger partial charge in [0.1, 0.15) is 6.04 Å². The molecule has 3 atom stereocenters. The Morgan fingerprint density at radius 2 is 1.75 bits per heavy atom. The van der Waals surface area contributed by atoms with E-state index in [-0.39, 0.29) is 41.4 Å². The lowest BCUT2D eigenvalue weighted by Crippen LogP contribution is -2.56. The topological polar surface area (TPSA) is 90.0 Å². The van der Waals surface area contributed by atoms with Crippen LogP contribution in [0.3, 0.4) is 0 Å².